The van der Waals surface area contributed by atoms with Gasteiger partial charge in [0.2, 0.25) is 0 Å². The highest BCUT2D eigenvalue weighted by Crippen LogP contribution is 2.24. The summed E-state index contributed by atoms with van der Waals surface area (Å²) in [5.41, 5.74) is 8.62. The number of nitrogens with two attached hydrogens (primary N) is 1. The SMILES string of the molecule is NC(Cc1ccc(Cl)cc1)c1cncc2ccccc12. The van der Waals surface area contributed by atoms with Crippen molar-refractivity contribution in [3.63, 3.8) is 0 Å². The molecule has 0 amide bonds. The fourth-order valence-corrected chi connectivity index (χ4v) is 2.55. The van der Waals surface area contributed by atoms with Crippen LogP contribution >= 0.6 is 11.6 Å². The molecule has 2 nitrogen and oxygen atoms in total. The summed E-state index contributed by atoms with van der Waals surface area (Å²) in [6.45, 7) is 0. The van der Waals surface area contributed by atoms with E-state index in [1.807, 2.05) is 48.8 Å². The second-order valence-electron chi connectivity index (χ2n) is 4.89. The van der Waals surface area contributed by atoms with Gasteiger partial charge in [-0.15, -0.1) is 0 Å². The minimum absolute atomic E-state index is 0.0743. The molecule has 2 aromatic carbocycles. The Morgan fingerprint density at radius 1 is 1.00 bits per heavy atom. The average Bonchev–Trinajstić information content (AvgIpc) is 2.49. The topological polar surface area (TPSA) is 38.9 Å². The van der Waals surface area contributed by atoms with E-state index in [0.29, 0.717) is 0 Å². The number of aromatic nitrogens is 1. The molecule has 0 spiro atoms. The van der Waals surface area contributed by atoms with Crippen molar-refractivity contribution >= 4 is 22.4 Å². The second kappa shape index (κ2) is 5.61. The summed E-state index contributed by atoms with van der Waals surface area (Å²) in [7, 11) is 0. The van der Waals surface area contributed by atoms with E-state index in [4.69, 9.17) is 17.3 Å². The van der Waals surface area contributed by atoms with Crippen LogP contribution in [0.25, 0.3) is 10.8 Å². The second-order valence-corrected chi connectivity index (χ2v) is 5.32. The molecule has 0 aliphatic carbocycles. The molecule has 1 atom stereocenters. The summed E-state index contributed by atoms with van der Waals surface area (Å²) in [6.07, 6.45) is 4.50. The summed E-state index contributed by atoms with van der Waals surface area (Å²) in [5.74, 6) is 0. The van der Waals surface area contributed by atoms with Crippen LogP contribution in [0.1, 0.15) is 17.2 Å². The number of hydrogen-bond acceptors (Lipinski definition) is 2. The number of rotatable bonds is 3. The zero-order valence-corrected chi connectivity index (χ0v) is 11.7. The van der Waals surface area contributed by atoms with Crippen molar-refractivity contribution in [2.75, 3.05) is 0 Å². The van der Waals surface area contributed by atoms with Gasteiger partial charge in [0, 0.05) is 28.8 Å². The maximum atomic E-state index is 6.36. The standard InChI is InChI=1S/C17H15ClN2/c18-14-7-5-12(6-8-14)9-17(19)16-11-20-10-13-3-1-2-4-15(13)16/h1-8,10-11,17H,9,19H2. The van der Waals surface area contributed by atoms with Gasteiger partial charge in [-0.3, -0.25) is 4.98 Å². The number of hydrogen-bond donors (Lipinski definition) is 1. The Balaban J connectivity index is 1.92. The lowest BCUT2D eigenvalue weighted by molar-refractivity contribution is 0.724. The summed E-state index contributed by atoms with van der Waals surface area (Å²) >= 11 is 5.90. The predicted molar refractivity (Wildman–Crippen MR) is 83.8 cm³/mol. The summed E-state index contributed by atoms with van der Waals surface area (Å²) in [6, 6.07) is 15.9. The third kappa shape index (κ3) is 2.67. The van der Waals surface area contributed by atoms with Gasteiger partial charge in [-0.2, -0.15) is 0 Å². The van der Waals surface area contributed by atoms with E-state index in [9.17, 15) is 0 Å². The van der Waals surface area contributed by atoms with Crippen LogP contribution < -0.4 is 5.73 Å². The summed E-state index contributed by atoms with van der Waals surface area (Å²) < 4.78 is 0. The minimum atomic E-state index is -0.0743. The van der Waals surface area contributed by atoms with Crippen LogP contribution in [0.15, 0.2) is 60.9 Å². The van der Waals surface area contributed by atoms with Crippen LogP contribution in [0, 0.1) is 0 Å². The molecule has 0 fully saturated rings. The average molecular weight is 283 g/mol. The summed E-state index contributed by atoms with van der Waals surface area (Å²) in [5, 5.41) is 3.04. The molecule has 1 aromatic heterocycles. The Hall–Kier alpha value is -1.90. The van der Waals surface area contributed by atoms with Gasteiger partial charge in [0.25, 0.3) is 0 Å². The molecule has 100 valence electrons. The maximum absolute atomic E-state index is 6.36. The van der Waals surface area contributed by atoms with E-state index in [1.54, 1.807) is 0 Å². The molecule has 3 aromatic rings. The molecule has 2 N–H and O–H groups in total. The first kappa shape index (κ1) is 13.1. The van der Waals surface area contributed by atoms with Crippen molar-refractivity contribution in [2.45, 2.75) is 12.5 Å². The highest BCUT2D eigenvalue weighted by Gasteiger charge is 2.11. The third-order valence-electron chi connectivity index (χ3n) is 3.47. The third-order valence-corrected chi connectivity index (χ3v) is 3.72. The van der Waals surface area contributed by atoms with Gasteiger partial charge in [0.05, 0.1) is 0 Å². The molecule has 0 aliphatic heterocycles. The molecular formula is C17H15ClN2. The van der Waals surface area contributed by atoms with E-state index in [2.05, 4.69) is 17.1 Å². The Morgan fingerprint density at radius 3 is 2.55 bits per heavy atom. The highest BCUT2D eigenvalue weighted by molar-refractivity contribution is 6.30. The van der Waals surface area contributed by atoms with Gasteiger partial charge in [-0.1, -0.05) is 48.0 Å². The lowest BCUT2D eigenvalue weighted by Gasteiger charge is -2.14. The molecule has 1 unspecified atom stereocenters. The molecule has 0 saturated heterocycles. The van der Waals surface area contributed by atoms with Crippen LogP contribution in [0.3, 0.4) is 0 Å². The van der Waals surface area contributed by atoms with Crippen LogP contribution in [-0.4, -0.2) is 4.98 Å². The van der Waals surface area contributed by atoms with Gasteiger partial charge in [0.1, 0.15) is 0 Å². The number of fused-ring (bicyclic) bond motifs is 1. The fourth-order valence-electron chi connectivity index (χ4n) is 2.42. The first-order valence-corrected chi connectivity index (χ1v) is 6.94. The molecule has 1 heterocycles. The number of nitrogens with zero attached hydrogens (tertiary/aromatic N) is 1. The normalized spacial score (nSPS) is 12.5. The number of halogens is 1. The molecule has 20 heavy (non-hydrogen) atoms. The Morgan fingerprint density at radius 2 is 1.75 bits per heavy atom. The van der Waals surface area contributed by atoms with Crippen LogP contribution in [0.4, 0.5) is 0 Å². The lowest BCUT2D eigenvalue weighted by atomic mass is 9.97. The minimum Gasteiger partial charge on any atom is -0.324 e. The Labute approximate surface area is 123 Å². The van der Waals surface area contributed by atoms with Crippen molar-refractivity contribution in [1.82, 2.24) is 4.98 Å². The van der Waals surface area contributed by atoms with E-state index in [0.717, 1.165) is 22.4 Å². The molecule has 0 radical (unpaired) electrons. The van der Waals surface area contributed by atoms with Gasteiger partial charge in [0.15, 0.2) is 0 Å². The quantitative estimate of drug-likeness (QED) is 0.784. The van der Waals surface area contributed by atoms with Crippen LogP contribution in [0.2, 0.25) is 5.02 Å². The Bertz CT molecular complexity index is 717. The summed E-state index contributed by atoms with van der Waals surface area (Å²) in [4.78, 5) is 4.29. The fraction of sp³-hybridized carbons (Fsp3) is 0.118. The van der Waals surface area contributed by atoms with E-state index >= 15 is 0 Å². The predicted octanol–water partition coefficient (Wildman–Crippen LogP) is 4.13. The molecular weight excluding hydrogens is 268 g/mol. The van der Waals surface area contributed by atoms with Crippen LogP contribution in [0.5, 0.6) is 0 Å². The van der Waals surface area contributed by atoms with E-state index in [-0.39, 0.29) is 6.04 Å². The first-order valence-electron chi connectivity index (χ1n) is 6.57. The van der Waals surface area contributed by atoms with Crippen molar-refractivity contribution < 1.29 is 0 Å². The zero-order chi connectivity index (χ0) is 13.9. The smallest absolute Gasteiger partial charge is 0.0406 e. The van der Waals surface area contributed by atoms with E-state index in [1.165, 1.54) is 10.9 Å². The van der Waals surface area contributed by atoms with Crippen LogP contribution in [-0.2, 0) is 6.42 Å². The zero-order valence-electron chi connectivity index (χ0n) is 11.0. The van der Waals surface area contributed by atoms with Gasteiger partial charge >= 0.3 is 0 Å². The molecule has 0 bridgehead atoms. The molecule has 0 aliphatic rings. The lowest BCUT2D eigenvalue weighted by Crippen LogP contribution is -2.14. The van der Waals surface area contributed by atoms with Crippen molar-refractivity contribution in [3.8, 4) is 0 Å². The first-order chi connectivity index (χ1) is 9.74. The monoisotopic (exact) mass is 282 g/mol. The Kier molecular flexibility index (Phi) is 3.68. The van der Waals surface area contributed by atoms with Gasteiger partial charge < -0.3 is 5.73 Å². The van der Waals surface area contributed by atoms with Crippen molar-refractivity contribution in [1.29, 1.82) is 0 Å². The largest absolute Gasteiger partial charge is 0.324 e. The van der Waals surface area contributed by atoms with Crippen molar-refractivity contribution in [2.24, 2.45) is 5.73 Å². The maximum Gasteiger partial charge on any atom is 0.0406 e. The van der Waals surface area contributed by atoms with Crippen molar-refractivity contribution in [3.05, 3.63) is 77.1 Å². The number of pyridine rings is 1. The van der Waals surface area contributed by atoms with Gasteiger partial charge in [-0.25, -0.2) is 0 Å². The number of benzene rings is 2. The van der Waals surface area contributed by atoms with E-state index < -0.39 is 0 Å². The van der Waals surface area contributed by atoms with Gasteiger partial charge in [-0.05, 0) is 35.1 Å². The highest BCUT2D eigenvalue weighted by atomic mass is 35.5. The molecule has 0 saturated carbocycles. The molecule has 3 rings (SSSR count). The molecule has 3 heteroatoms.